The minimum atomic E-state index is -0.230. The molecule has 3 nitrogen and oxygen atoms in total. The van der Waals surface area contributed by atoms with Crippen LogP contribution in [0.1, 0.15) is 32.6 Å². The lowest BCUT2D eigenvalue weighted by Crippen LogP contribution is -2.09. The van der Waals surface area contributed by atoms with Crippen molar-refractivity contribution in [2.24, 2.45) is 0 Å². The number of unbranched alkanes of at least 4 members (excludes halogenated alkanes) is 2. The van der Waals surface area contributed by atoms with Crippen LogP contribution in [0.15, 0.2) is 22.7 Å². The van der Waals surface area contributed by atoms with Gasteiger partial charge in [-0.15, -0.1) is 0 Å². The fourth-order valence-electron chi connectivity index (χ4n) is 1.32. The smallest absolute Gasteiger partial charge is 0.311 e. The molecule has 0 amide bonds. The molecule has 1 rings (SSSR count). The third-order valence-electron chi connectivity index (χ3n) is 2.20. The van der Waals surface area contributed by atoms with Crippen LogP contribution in [-0.2, 0) is 4.79 Å². The summed E-state index contributed by atoms with van der Waals surface area (Å²) >= 11 is 3.30. The molecule has 0 aromatic heterocycles. The van der Waals surface area contributed by atoms with Gasteiger partial charge in [-0.1, -0.05) is 25.8 Å². The second-order valence-corrected chi connectivity index (χ2v) is 4.44. The zero-order chi connectivity index (χ0) is 12.0. The van der Waals surface area contributed by atoms with Crippen molar-refractivity contribution in [3.8, 4) is 5.75 Å². The standard InChI is InChI=1S/C12H16BrNO2/c1-2-3-4-8-11(15)16-12-9(13)6-5-7-10(12)14/h5-7H,2-4,8,14H2,1H3. The Labute approximate surface area is 104 Å². The molecule has 1 aromatic carbocycles. The molecule has 0 aliphatic heterocycles. The lowest BCUT2D eigenvalue weighted by Gasteiger charge is -2.08. The summed E-state index contributed by atoms with van der Waals surface area (Å²) in [6.45, 7) is 2.09. The van der Waals surface area contributed by atoms with Gasteiger partial charge in [0.15, 0.2) is 5.75 Å². The number of hydrogen-bond donors (Lipinski definition) is 1. The van der Waals surface area contributed by atoms with E-state index in [2.05, 4.69) is 22.9 Å². The molecule has 88 valence electrons. The molecule has 0 unspecified atom stereocenters. The molecule has 0 aliphatic rings. The Balaban J connectivity index is 2.56. The van der Waals surface area contributed by atoms with Crippen LogP contribution in [0.25, 0.3) is 0 Å². The van der Waals surface area contributed by atoms with Crippen LogP contribution in [-0.4, -0.2) is 5.97 Å². The Hall–Kier alpha value is -1.03. The second kappa shape index (κ2) is 6.53. The Morgan fingerprint density at radius 2 is 2.19 bits per heavy atom. The first-order chi connectivity index (χ1) is 7.65. The number of anilines is 1. The molecule has 16 heavy (non-hydrogen) atoms. The highest BCUT2D eigenvalue weighted by atomic mass is 79.9. The summed E-state index contributed by atoms with van der Waals surface area (Å²) in [5.74, 6) is 0.191. The largest absolute Gasteiger partial charge is 0.423 e. The quantitative estimate of drug-likeness (QED) is 0.390. The molecule has 0 fully saturated rings. The predicted octanol–water partition coefficient (Wildman–Crippen LogP) is 3.52. The molecule has 0 aliphatic carbocycles. The number of rotatable bonds is 5. The maximum absolute atomic E-state index is 11.5. The molecule has 0 saturated heterocycles. The molecule has 0 bridgehead atoms. The van der Waals surface area contributed by atoms with Gasteiger partial charge in [-0.2, -0.15) is 0 Å². The first-order valence-corrected chi connectivity index (χ1v) is 6.19. The summed E-state index contributed by atoms with van der Waals surface area (Å²) in [5.41, 5.74) is 6.19. The topological polar surface area (TPSA) is 52.3 Å². The molecule has 2 N–H and O–H groups in total. The lowest BCUT2D eigenvalue weighted by atomic mass is 10.2. The van der Waals surface area contributed by atoms with Crippen molar-refractivity contribution in [2.75, 3.05) is 5.73 Å². The first-order valence-electron chi connectivity index (χ1n) is 5.39. The van der Waals surface area contributed by atoms with Crippen LogP contribution in [0.5, 0.6) is 5.75 Å². The van der Waals surface area contributed by atoms with E-state index in [4.69, 9.17) is 10.5 Å². The fraction of sp³-hybridized carbons (Fsp3) is 0.417. The third-order valence-corrected chi connectivity index (χ3v) is 2.82. The van der Waals surface area contributed by atoms with E-state index in [9.17, 15) is 4.79 Å². The maximum Gasteiger partial charge on any atom is 0.311 e. The number of carbonyl (C=O) groups is 1. The maximum atomic E-state index is 11.5. The minimum Gasteiger partial charge on any atom is -0.423 e. The highest BCUT2D eigenvalue weighted by Crippen LogP contribution is 2.31. The van der Waals surface area contributed by atoms with Gasteiger partial charge >= 0.3 is 5.97 Å². The highest BCUT2D eigenvalue weighted by molar-refractivity contribution is 9.10. The van der Waals surface area contributed by atoms with Gasteiger partial charge < -0.3 is 10.5 Å². The molecule has 1 aromatic rings. The van der Waals surface area contributed by atoms with Crippen molar-refractivity contribution >= 4 is 27.6 Å². The van der Waals surface area contributed by atoms with Gasteiger partial charge in [-0.05, 0) is 34.5 Å². The summed E-state index contributed by atoms with van der Waals surface area (Å²) < 4.78 is 5.92. The molecule has 0 heterocycles. The van der Waals surface area contributed by atoms with Gasteiger partial charge in [-0.3, -0.25) is 4.79 Å². The Morgan fingerprint density at radius 1 is 1.44 bits per heavy atom. The van der Waals surface area contributed by atoms with Crippen molar-refractivity contribution in [3.63, 3.8) is 0 Å². The fourth-order valence-corrected chi connectivity index (χ4v) is 1.78. The number of halogens is 1. The van der Waals surface area contributed by atoms with Crippen molar-refractivity contribution in [3.05, 3.63) is 22.7 Å². The number of ether oxygens (including phenoxy) is 1. The van der Waals surface area contributed by atoms with Gasteiger partial charge in [0.1, 0.15) is 0 Å². The molecule has 0 spiro atoms. The molecule has 0 radical (unpaired) electrons. The van der Waals surface area contributed by atoms with Gasteiger partial charge in [0.05, 0.1) is 10.2 Å². The van der Waals surface area contributed by atoms with E-state index in [1.165, 1.54) is 0 Å². The van der Waals surface area contributed by atoms with Crippen LogP contribution < -0.4 is 10.5 Å². The number of esters is 1. The van der Waals surface area contributed by atoms with E-state index in [1.54, 1.807) is 18.2 Å². The summed E-state index contributed by atoms with van der Waals surface area (Å²) in [6.07, 6.45) is 3.43. The van der Waals surface area contributed by atoms with Gasteiger partial charge in [0, 0.05) is 6.42 Å². The summed E-state index contributed by atoms with van der Waals surface area (Å²) in [4.78, 5) is 11.5. The van der Waals surface area contributed by atoms with Crippen LogP contribution in [0, 0.1) is 0 Å². The molecular weight excluding hydrogens is 270 g/mol. The second-order valence-electron chi connectivity index (χ2n) is 3.59. The summed E-state index contributed by atoms with van der Waals surface area (Å²) in [6, 6.07) is 5.30. The number of hydrogen-bond acceptors (Lipinski definition) is 3. The number of benzene rings is 1. The molecule has 0 atom stereocenters. The first kappa shape index (κ1) is 13.0. The number of para-hydroxylation sites is 1. The Morgan fingerprint density at radius 3 is 2.81 bits per heavy atom. The minimum absolute atomic E-state index is 0.230. The zero-order valence-corrected chi connectivity index (χ0v) is 10.9. The lowest BCUT2D eigenvalue weighted by molar-refractivity contribution is -0.134. The summed E-state index contributed by atoms with van der Waals surface area (Å²) in [7, 11) is 0. The van der Waals surface area contributed by atoms with Crippen molar-refractivity contribution in [1.82, 2.24) is 0 Å². The van der Waals surface area contributed by atoms with E-state index >= 15 is 0 Å². The van der Waals surface area contributed by atoms with E-state index in [1.807, 2.05) is 0 Å². The molecule has 0 saturated carbocycles. The third kappa shape index (κ3) is 3.85. The number of carbonyl (C=O) groups excluding carboxylic acids is 1. The van der Waals surface area contributed by atoms with Crippen molar-refractivity contribution in [2.45, 2.75) is 32.6 Å². The summed E-state index contributed by atoms with van der Waals surface area (Å²) in [5, 5.41) is 0. The van der Waals surface area contributed by atoms with Crippen LogP contribution in [0.4, 0.5) is 5.69 Å². The van der Waals surface area contributed by atoms with Crippen molar-refractivity contribution in [1.29, 1.82) is 0 Å². The van der Waals surface area contributed by atoms with E-state index in [0.29, 0.717) is 22.3 Å². The van der Waals surface area contributed by atoms with Crippen LogP contribution in [0.2, 0.25) is 0 Å². The van der Waals surface area contributed by atoms with Gasteiger partial charge in [-0.25, -0.2) is 0 Å². The highest BCUT2D eigenvalue weighted by Gasteiger charge is 2.10. The zero-order valence-electron chi connectivity index (χ0n) is 9.33. The normalized spacial score (nSPS) is 10.1. The monoisotopic (exact) mass is 285 g/mol. The average molecular weight is 286 g/mol. The van der Waals surface area contributed by atoms with E-state index in [-0.39, 0.29) is 5.97 Å². The Bertz CT molecular complexity index is 346. The van der Waals surface area contributed by atoms with E-state index in [0.717, 1.165) is 19.3 Å². The van der Waals surface area contributed by atoms with Crippen LogP contribution >= 0.6 is 15.9 Å². The van der Waals surface area contributed by atoms with Gasteiger partial charge in [0.25, 0.3) is 0 Å². The van der Waals surface area contributed by atoms with Crippen molar-refractivity contribution < 1.29 is 9.53 Å². The van der Waals surface area contributed by atoms with E-state index < -0.39 is 0 Å². The Kier molecular flexibility index (Phi) is 5.32. The predicted molar refractivity (Wildman–Crippen MR) is 68.3 cm³/mol. The SMILES string of the molecule is CCCCCC(=O)Oc1c(N)cccc1Br. The van der Waals surface area contributed by atoms with Crippen LogP contribution in [0.3, 0.4) is 0 Å². The average Bonchev–Trinajstić information content (AvgIpc) is 2.24. The molecule has 4 heteroatoms. The number of nitrogen functional groups attached to an aromatic ring is 1. The van der Waals surface area contributed by atoms with Gasteiger partial charge in [0.2, 0.25) is 0 Å². The molecular formula is C12H16BrNO2. The number of nitrogens with two attached hydrogens (primary N) is 1.